The summed E-state index contributed by atoms with van der Waals surface area (Å²) in [5.74, 6) is 0.241. The first-order valence-electron chi connectivity index (χ1n) is 11.5. The number of aromatic nitrogens is 1. The van der Waals surface area contributed by atoms with Crippen molar-refractivity contribution < 1.29 is 14.3 Å². The maximum Gasteiger partial charge on any atom is 0.338 e. The van der Waals surface area contributed by atoms with Crippen LogP contribution in [0.15, 0.2) is 66.4 Å². The van der Waals surface area contributed by atoms with Gasteiger partial charge in [-0.05, 0) is 95.8 Å². The minimum absolute atomic E-state index is 0.0192. The number of hydrogen-bond donors (Lipinski definition) is 0. The van der Waals surface area contributed by atoms with Crippen molar-refractivity contribution in [1.82, 2.24) is 4.57 Å². The highest BCUT2D eigenvalue weighted by atomic mass is 79.9. The van der Waals surface area contributed by atoms with E-state index in [4.69, 9.17) is 9.47 Å². The molecule has 0 saturated carbocycles. The molecule has 188 valence electrons. The number of ether oxygens (including phenoxy) is 2. The summed E-state index contributed by atoms with van der Waals surface area (Å²) < 4.78 is 14.9. The van der Waals surface area contributed by atoms with Gasteiger partial charge >= 0.3 is 5.97 Å². The molecule has 1 aromatic heterocycles. The van der Waals surface area contributed by atoms with Crippen molar-refractivity contribution in [2.75, 3.05) is 6.61 Å². The molecule has 0 spiro atoms. The van der Waals surface area contributed by atoms with Gasteiger partial charge in [0.05, 0.1) is 43.5 Å². The summed E-state index contributed by atoms with van der Waals surface area (Å²) in [7, 11) is 0. The highest BCUT2D eigenvalue weighted by Crippen LogP contribution is 2.36. The molecule has 9 heteroatoms. The zero-order chi connectivity index (χ0) is 26.1. The highest BCUT2D eigenvalue weighted by Gasteiger charge is 2.33. The largest absolute Gasteiger partial charge is 0.489 e. The van der Waals surface area contributed by atoms with Crippen molar-refractivity contribution in [3.8, 4) is 5.75 Å². The van der Waals surface area contributed by atoms with E-state index in [1.165, 1.54) is 11.3 Å². The SMILES string of the molecule is CCOC(=O)C1=C(C)N=c2s/c(=C\c3cc(Br)c(OC(C)C)c(Br)c3)c(=O)n2[C@H]1c1ccc(C)cc1. The number of benzene rings is 2. The Labute approximate surface area is 230 Å². The van der Waals surface area contributed by atoms with E-state index in [1.807, 2.05) is 63.2 Å². The van der Waals surface area contributed by atoms with Gasteiger partial charge in [0.25, 0.3) is 5.56 Å². The van der Waals surface area contributed by atoms with E-state index in [0.717, 1.165) is 25.6 Å². The molecule has 2 aromatic carbocycles. The average molecular weight is 634 g/mol. The first-order chi connectivity index (χ1) is 17.1. The summed E-state index contributed by atoms with van der Waals surface area (Å²) in [6.45, 7) is 9.70. The van der Waals surface area contributed by atoms with Crippen molar-refractivity contribution in [3.05, 3.63) is 93.0 Å². The zero-order valence-corrected chi connectivity index (χ0v) is 24.6. The van der Waals surface area contributed by atoms with Gasteiger partial charge in [0.2, 0.25) is 0 Å². The molecule has 0 saturated heterocycles. The third kappa shape index (κ3) is 5.28. The summed E-state index contributed by atoms with van der Waals surface area (Å²) in [6, 6.07) is 11.0. The predicted molar refractivity (Wildman–Crippen MR) is 149 cm³/mol. The Morgan fingerprint density at radius 1 is 1.17 bits per heavy atom. The Morgan fingerprint density at radius 2 is 1.81 bits per heavy atom. The lowest BCUT2D eigenvalue weighted by Gasteiger charge is -2.24. The minimum atomic E-state index is -0.622. The van der Waals surface area contributed by atoms with Gasteiger partial charge in [0.1, 0.15) is 5.75 Å². The number of carbonyl (C=O) groups excluding carboxylic acids is 1. The van der Waals surface area contributed by atoms with Gasteiger partial charge in [-0.25, -0.2) is 9.79 Å². The fourth-order valence-electron chi connectivity index (χ4n) is 4.02. The fourth-order valence-corrected chi connectivity index (χ4v) is 6.47. The van der Waals surface area contributed by atoms with Gasteiger partial charge in [0, 0.05) is 0 Å². The van der Waals surface area contributed by atoms with Gasteiger partial charge in [0.15, 0.2) is 4.80 Å². The highest BCUT2D eigenvalue weighted by molar-refractivity contribution is 9.11. The van der Waals surface area contributed by atoms with Crippen LogP contribution in [0.2, 0.25) is 0 Å². The van der Waals surface area contributed by atoms with Crippen molar-refractivity contribution in [3.63, 3.8) is 0 Å². The van der Waals surface area contributed by atoms with E-state index in [9.17, 15) is 9.59 Å². The Kier molecular flexibility index (Phi) is 8.02. The lowest BCUT2D eigenvalue weighted by Crippen LogP contribution is -2.39. The Bertz CT molecular complexity index is 1510. The molecule has 6 nitrogen and oxygen atoms in total. The number of fused-ring (bicyclic) bond motifs is 1. The van der Waals surface area contributed by atoms with Crippen LogP contribution in [0.5, 0.6) is 5.75 Å². The molecule has 3 aromatic rings. The van der Waals surface area contributed by atoms with Crippen LogP contribution in [0.3, 0.4) is 0 Å². The molecule has 0 fully saturated rings. The van der Waals surface area contributed by atoms with Gasteiger partial charge in [-0.2, -0.15) is 0 Å². The van der Waals surface area contributed by atoms with Crippen molar-refractivity contribution >= 4 is 55.2 Å². The molecule has 0 unspecified atom stereocenters. The summed E-state index contributed by atoms with van der Waals surface area (Å²) >= 11 is 8.45. The van der Waals surface area contributed by atoms with Crippen LogP contribution >= 0.6 is 43.2 Å². The minimum Gasteiger partial charge on any atom is -0.489 e. The summed E-state index contributed by atoms with van der Waals surface area (Å²) in [6.07, 6.45) is 1.85. The molecule has 1 aliphatic rings. The van der Waals surface area contributed by atoms with Gasteiger partial charge in [-0.1, -0.05) is 41.2 Å². The first kappa shape index (κ1) is 26.6. The van der Waals surface area contributed by atoms with Gasteiger partial charge in [-0.15, -0.1) is 0 Å². The Balaban J connectivity index is 1.90. The molecule has 0 radical (unpaired) electrons. The van der Waals surface area contributed by atoms with Crippen LogP contribution in [-0.4, -0.2) is 23.2 Å². The van der Waals surface area contributed by atoms with Crippen molar-refractivity contribution in [2.45, 2.75) is 46.8 Å². The number of allylic oxidation sites excluding steroid dienone is 1. The number of carbonyl (C=O) groups is 1. The van der Waals surface area contributed by atoms with Crippen LogP contribution in [0.4, 0.5) is 0 Å². The van der Waals surface area contributed by atoms with Gasteiger partial charge in [-0.3, -0.25) is 9.36 Å². The summed E-state index contributed by atoms with van der Waals surface area (Å²) in [5.41, 5.74) is 3.45. The predicted octanol–water partition coefficient (Wildman–Crippen LogP) is 5.42. The lowest BCUT2D eigenvalue weighted by atomic mass is 9.95. The van der Waals surface area contributed by atoms with Crippen molar-refractivity contribution in [2.24, 2.45) is 4.99 Å². The average Bonchev–Trinajstić information content (AvgIpc) is 3.10. The van der Waals surface area contributed by atoms with Gasteiger partial charge < -0.3 is 9.47 Å². The molecule has 1 atom stereocenters. The van der Waals surface area contributed by atoms with Crippen molar-refractivity contribution in [1.29, 1.82) is 0 Å². The number of aryl methyl sites for hydroxylation is 1. The molecule has 0 N–H and O–H groups in total. The summed E-state index contributed by atoms with van der Waals surface area (Å²) in [4.78, 5) is 31.9. The maximum atomic E-state index is 13.7. The second-order valence-electron chi connectivity index (χ2n) is 8.69. The smallest absolute Gasteiger partial charge is 0.338 e. The zero-order valence-electron chi connectivity index (χ0n) is 20.6. The monoisotopic (exact) mass is 632 g/mol. The summed E-state index contributed by atoms with van der Waals surface area (Å²) in [5, 5.41) is 0. The van der Waals surface area contributed by atoms with Crippen LogP contribution in [0.25, 0.3) is 6.08 Å². The Morgan fingerprint density at radius 3 is 2.39 bits per heavy atom. The molecular weight excluding hydrogens is 608 g/mol. The Hall–Kier alpha value is -2.49. The standard InChI is InChI=1S/C27H26Br2N2O4S/c1-6-34-26(33)22-16(5)30-27-31(23(22)18-9-7-15(4)8-10-18)25(32)21(36-27)13-17-11-19(28)24(20(29)12-17)35-14(2)3/h7-14,23H,6H2,1-5H3/b21-13-/t23-/m0/s1. The number of nitrogens with zero attached hydrogens (tertiary/aromatic N) is 2. The fraction of sp³-hybridized carbons (Fsp3) is 0.296. The van der Waals surface area contributed by atoms with Crippen LogP contribution in [0, 0.1) is 6.92 Å². The molecule has 0 aliphatic carbocycles. The third-order valence-electron chi connectivity index (χ3n) is 5.58. The first-order valence-corrected chi connectivity index (χ1v) is 13.9. The van der Waals surface area contributed by atoms with Crippen LogP contribution in [0.1, 0.15) is 50.4 Å². The van der Waals surface area contributed by atoms with E-state index in [0.29, 0.717) is 26.4 Å². The second kappa shape index (κ2) is 10.9. The molecule has 0 bridgehead atoms. The number of halogens is 2. The van der Waals surface area contributed by atoms with E-state index in [1.54, 1.807) is 18.4 Å². The molecular formula is C27H26Br2N2O4S. The number of thiazole rings is 1. The third-order valence-corrected chi connectivity index (χ3v) is 7.74. The molecule has 2 heterocycles. The molecule has 4 rings (SSSR count). The quantitative estimate of drug-likeness (QED) is 0.340. The van der Waals surface area contributed by atoms with E-state index in [-0.39, 0.29) is 18.3 Å². The van der Waals surface area contributed by atoms with Crippen LogP contribution < -0.4 is 19.6 Å². The second-order valence-corrected chi connectivity index (χ2v) is 11.4. The number of esters is 1. The lowest BCUT2D eigenvalue weighted by molar-refractivity contribution is -0.139. The molecule has 1 aliphatic heterocycles. The van der Waals surface area contributed by atoms with E-state index in [2.05, 4.69) is 36.9 Å². The molecule has 0 amide bonds. The van der Waals surface area contributed by atoms with E-state index >= 15 is 0 Å². The van der Waals surface area contributed by atoms with E-state index < -0.39 is 12.0 Å². The topological polar surface area (TPSA) is 69.9 Å². The number of rotatable bonds is 6. The maximum absolute atomic E-state index is 13.7. The normalized spacial score (nSPS) is 15.7. The van der Waals surface area contributed by atoms with Crippen LogP contribution in [-0.2, 0) is 9.53 Å². The molecule has 36 heavy (non-hydrogen) atoms. The number of hydrogen-bond acceptors (Lipinski definition) is 6.